The predicted octanol–water partition coefficient (Wildman–Crippen LogP) is 3.86. The van der Waals surface area contributed by atoms with E-state index < -0.39 is 5.97 Å². The van der Waals surface area contributed by atoms with Crippen LogP contribution in [0.4, 0.5) is 10.1 Å². The third-order valence-electron chi connectivity index (χ3n) is 2.83. The van der Waals surface area contributed by atoms with Gasteiger partial charge < -0.3 is 10.4 Å². The first kappa shape index (κ1) is 14.4. The second-order valence-electron chi connectivity index (χ2n) is 4.17. The number of benzene rings is 2. The number of carboxylic acid groups (broad SMARTS) is 1. The molecule has 0 aliphatic carbocycles. The zero-order valence-corrected chi connectivity index (χ0v) is 11.7. The molecule has 0 aliphatic rings. The summed E-state index contributed by atoms with van der Waals surface area (Å²) < 4.78 is 13.1. The normalized spacial score (nSPS) is 10.3. The molecule has 2 rings (SSSR count). The summed E-state index contributed by atoms with van der Waals surface area (Å²) in [5, 5.41) is 12.4. The van der Waals surface area contributed by atoms with E-state index in [1.165, 1.54) is 23.9 Å². The Labute approximate surface area is 120 Å². The van der Waals surface area contributed by atoms with Crippen molar-refractivity contribution in [3.63, 3.8) is 0 Å². The highest BCUT2D eigenvalue weighted by atomic mass is 32.2. The molecular formula is C15H14FNO2S. The fourth-order valence-corrected chi connectivity index (χ4v) is 2.53. The van der Waals surface area contributed by atoms with Gasteiger partial charge in [-0.1, -0.05) is 18.2 Å². The number of nitrogens with one attached hydrogen (secondary N) is 1. The molecule has 104 valence electrons. The van der Waals surface area contributed by atoms with E-state index in [1.807, 2.05) is 6.26 Å². The Morgan fingerprint density at radius 2 is 2.05 bits per heavy atom. The highest BCUT2D eigenvalue weighted by Crippen LogP contribution is 2.27. The van der Waals surface area contributed by atoms with Crippen molar-refractivity contribution in [2.24, 2.45) is 0 Å². The molecule has 2 aromatic rings. The lowest BCUT2D eigenvalue weighted by atomic mass is 10.1. The average molecular weight is 291 g/mol. The maximum Gasteiger partial charge on any atom is 0.338 e. The zero-order chi connectivity index (χ0) is 14.5. The van der Waals surface area contributed by atoms with E-state index in [0.29, 0.717) is 17.1 Å². The molecule has 3 nitrogen and oxygen atoms in total. The van der Waals surface area contributed by atoms with Crippen LogP contribution in [0.15, 0.2) is 47.4 Å². The fraction of sp³-hybridized carbons (Fsp3) is 0.133. The van der Waals surface area contributed by atoms with Crippen LogP contribution >= 0.6 is 11.8 Å². The van der Waals surface area contributed by atoms with Crippen molar-refractivity contribution in [3.8, 4) is 0 Å². The molecule has 0 fully saturated rings. The number of hydrogen-bond donors (Lipinski definition) is 2. The van der Waals surface area contributed by atoms with Gasteiger partial charge >= 0.3 is 5.97 Å². The Morgan fingerprint density at radius 1 is 1.30 bits per heavy atom. The molecule has 0 heterocycles. The van der Waals surface area contributed by atoms with Crippen LogP contribution in [0, 0.1) is 5.82 Å². The van der Waals surface area contributed by atoms with E-state index in [-0.39, 0.29) is 11.4 Å². The van der Waals surface area contributed by atoms with E-state index >= 15 is 0 Å². The lowest BCUT2D eigenvalue weighted by Crippen LogP contribution is -2.07. The van der Waals surface area contributed by atoms with Crippen LogP contribution in [-0.4, -0.2) is 17.3 Å². The number of carbonyl (C=O) groups is 1. The Balaban J connectivity index is 2.23. The van der Waals surface area contributed by atoms with Crippen LogP contribution in [0.1, 0.15) is 15.9 Å². The minimum absolute atomic E-state index is 0.247. The lowest BCUT2D eigenvalue weighted by molar-refractivity contribution is 0.0694. The SMILES string of the molecule is CSc1cccc(NCc2cccc(F)c2)c1C(=O)O. The molecule has 0 unspecified atom stereocenters. The molecule has 0 aromatic heterocycles. The first-order valence-electron chi connectivity index (χ1n) is 6.00. The topological polar surface area (TPSA) is 49.3 Å². The molecule has 0 saturated heterocycles. The minimum Gasteiger partial charge on any atom is -0.478 e. The Bertz CT molecular complexity index is 631. The van der Waals surface area contributed by atoms with Crippen LogP contribution in [0.25, 0.3) is 0 Å². The van der Waals surface area contributed by atoms with Crippen LogP contribution in [0.5, 0.6) is 0 Å². The number of thioether (sulfide) groups is 1. The molecule has 0 saturated carbocycles. The smallest absolute Gasteiger partial charge is 0.338 e. The van der Waals surface area contributed by atoms with Gasteiger partial charge in [-0.25, -0.2) is 9.18 Å². The molecule has 2 aromatic carbocycles. The van der Waals surface area contributed by atoms with Gasteiger partial charge in [0.1, 0.15) is 5.82 Å². The van der Waals surface area contributed by atoms with E-state index in [9.17, 15) is 14.3 Å². The first-order chi connectivity index (χ1) is 9.61. The quantitative estimate of drug-likeness (QED) is 0.821. The molecule has 0 bridgehead atoms. The molecular weight excluding hydrogens is 277 g/mol. The maximum absolute atomic E-state index is 13.1. The monoisotopic (exact) mass is 291 g/mol. The number of aromatic carboxylic acids is 1. The van der Waals surface area contributed by atoms with Gasteiger partial charge in [0.05, 0.1) is 11.3 Å². The van der Waals surface area contributed by atoms with E-state index in [1.54, 1.807) is 30.3 Å². The van der Waals surface area contributed by atoms with Gasteiger partial charge in [0.15, 0.2) is 0 Å². The van der Waals surface area contributed by atoms with Crippen LogP contribution in [-0.2, 0) is 6.54 Å². The molecule has 0 spiro atoms. The summed E-state index contributed by atoms with van der Waals surface area (Å²) in [7, 11) is 0. The van der Waals surface area contributed by atoms with Gasteiger partial charge in [0, 0.05) is 11.4 Å². The maximum atomic E-state index is 13.1. The van der Waals surface area contributed by atoms with Crippen molar-refractivity contribution in [2.75, 3.05) is 11.6 Å². The largest absolute Gasteiger partial charge is 0.478 e. The fourth-order valence-electron chi connectivity index (χ4n) is 1.91. The van der Waals surface area contributed by atoms with Crippen LogP contribution in [0.3, 0.4) is 0 Å². The van der Waals surface area contributed by atoms with Crippen molar-refractivity contribution in [2.45, 2.75) is 11.4 Å². The molecule has 20 heavy (non-hydrogen) atoms. The van der Waals surface area contributed by atoms with Gasteiger partial charge in [-0.15, -0.1) is 11.8 Å². The zero-order valence-electron chi connectivity index (χ0n) is 10.9. The summed E-state index contributed by atoms with van der Waals surface area (Å²) in [6.07, 6.45) is 1.83. The van der Waals surface area contributed by atoms with Gasteiger partial charge in [-0.05, 0) is 36.1 Å². The second kappa shape index (κ2) is 6.43. The molecule has 2 N–H and O–H groups in total. The van der Waals surface area contributed by atoms with Crippen molar-refractivity contribution in [1.82, 2.24) is 0 Å². The van der Waals surface area contributed by atoms with Gasteiger partial charge in [0.25, 0.3) is 0 Å². The predicted molar refractivity (Wildman–Crippen MR) is 78.9 cm³/mol. The van der Waals surface area contributed by atoms with E-state index in [4.69, 9.17) is 0 Å². The van der Waals surface area contributed by atoms with Crippen molar-refractivity contribution in [1.29, 1.82) is 0 Å². The molecule has 0 aliphatic heterocycles. The molecule has 0 atom stereocenters. The van der Waals surface area contributed by atoms with Crippen molar-refractivity contribution in [3.05, 3.63) is 59.4 Å². The number of halogens is 1. The average Bonchev–Trinajstić information content (AvgIpc) is 2.44. The highest BCUT2D eigenvalue weighted by molar-refractivity contribution is 7.98. The third-order valence-corrected chi connectivity index (χ3v) is 3.61. The van der Waals surface area contributed by atoms with E-state index in [2.05, 4.69) is 5.32 Å². The molecule has 0 radical (unpaired) electrons. The van der Waals surface area contributed by atoms with E-state index in [0.717, 1.165) is 5.56 Å². The number of hydrogen-bond acceptors (Lipinski definition) is 3. The molecule has 5 heteroatoms. The third kappa shape index (κ3) is 3.30. The Morgan fingerprint density at radius 3 is 2.70 bits per heavy atom. The summed E-state index contributed by atoms with van der Waals surface area (Å²) in [5.41, 5.74) is 1.54. The standard InChI is InChI=1S/C15H14FNO2S/c1-20-13-7-3-6-12(14(13)15(18)19)17-9-10-4-2-5-11(16)8-10/h2-8,17H,9H2,1H3,(H,18,19). The number of rotatable bonds is 5. The molecule has 0 amide bonds. The van der Waals surface area contributed by atoms with Crippen molar-refractivity contribution >= 4 is 23.4 Å². The van der Waals surface area contributed by atoms with Gasteiger partial charge in [-0.3, -0.25) is 0 Å². The lowest BCUT2D eigenvalue weighted by Gasteiger charge is -2.12. The summed E-state index contributed by atoms with van der Waals surface area (Å²) in [5.74, 6) is -1.28. The summed E-state index contributed by atoms with van der Waals surface area (Å²) in [6.45, 7) is 0.371. The van der Waals surface area contributed by atoms with Crippen LogP contribution in [0.2, 0.25) is 0 Å². The number of carboxylic acids is 1. The van der Waals surface area contributed by atoms with Gasteiger partial charge in [0.2, 0.25) is 0 Å². The Hall–Kier alpha value is -2.01. The Kier molecular flexibility index (Phi) is 4.63. The van der Waals surface area contributed by atoms with Gasteiger partial charge in [-0.2, -0.15) is 0 Å². The summed E-state index contributed by atoms with van der Waals surface area (Å²) >= 11 is 1.38. The van der Waals surface area contributed by atoms with Crippen molar-refractivity contribution < 1.29 is 14.3 Å². The first-order valence-corrected chi connectivity index (χ1v) is 7.23. The minimum atomic E-state index is -0.975. The van der Waals surface area contributed by atoms with Crippen LogP contribution < -0.4 is 5.32 Å². The summed E-state index contributed by atoms with van der Waals surface area (Å²) in [6, 6.07) is 11.5. The summed E-state index contributed by atoms with van der Waals surface area (Å²) in [4.78, 5) is 12.0. The second-order valence-corrected chi connectivity index (χ2v) is 5.02. The number of anilines is 1. The highest BCUT2D eigenvalue weighted by Gasteiger charge is 2.14.